The molecule has 0 saturated heterocycles. The zero-order chi connectivity index (χ0) is 25.8. The van der Waals surface area contributed by atoms with Crippen LogP contribution in [0.3, 0.4) is 0 Å². The Morgan fingerprint density at radius 3 is 2.46 bits per heavy atom. The van der Waals surface area contributed by atoms with Gasteiger partial charge in [-0.2, -0.15) is 8.78 Å². The van der Waals surface area contributed by atoms with E-state index in [1.807, 2.05) is 0 Å². The van der Waals surface area contributed by atoms with Crippen LogP contribution in [0.2, 0.25) is 0 Å². The maximum atomic E-state index is 15.0. The molecule has 10 heteroatoms. The number of aryl methyl sites for hydroxylation is 1. The smallest absolute Gasteiger partial charge is 0.303 e. The van der Waals surface area contributed by atoms with Crippen LogP contribution in [0.5, 0.6) is 11.5 Å². The number of halogens is 3. The van der Waals surface area contributed by atoms with E-state index in [0.29, 0.717) is 53.7 Å². The monoisotopic (exact) mass is 493 g/mol. The van der Waals surface area contributed by atoms with Crippen LogP contribution in [0, 0.1) is 12.7 Å². The lowest BCUT2D eigenvalue weighted by atomic mass is 9.92. The van der Waals surface area contributed by atoms with Gasteiger partial charge in [-0.25, -0.2) is 14.4 Å². The third-order valence-corrected chi connectivity index (χ3v) is 5.47. The molecule has 0 saturated carbocycles. The first-order valence-electron chi connectivity index (χ1n) is 11.1. The predicted octanol–water partition coefficient (Wildman–Crippen LogP) is 4.98. The second-order valence-electron chi connectivity index (χ2n) is 8.60. The molecule has 0 unspecified atom stereocenters. The minimum atomic E-state index is -3.78. The first kappa shape index (κ1) is 26.5. The first-order valence-corrected chi connectivity index (χ1v) is 11.1. The fourth-order valence-electron chi connectivity index (χ4n) is 3.51. The van der Waals surface area contributed by atoms with Gasteiger partial charge in [0.2, 0.25) is 0 Å². The predicted molar refractivity (Wildman–Crippen MR) is 127 cm³/mol. The zero-order valence-corrected chi connectivity index (χ0v) is 20.4. The van der Waals surface area contributed by atoms with E-state index < -0.39 is 22.9 Å². The van der Waals surface area contributed by atoms with E-state index in [-0.39, 0.29) is 12.1 Å². The largest absolute Gasteiger partial charge is 0.493 e. The van der Waals surface area contributed by atoms with Crippen LogP contribution in [-0.4, -0.2) is 48.1 Å². The highest BCUT2D eigenvalue weighted by atomic mass is 19.3. The van der Waals surface area contributed by atoms with Crippen molar-refractivity contribution in [2.45, 2.75) is 45.3 Å². The number of rotatable bonds is 11. The second kappa shape index (κ2) is 10.7. The standard InChI is InChI=1S/C25H30F3N3O4/c1-15-30-19-13-20(34-5)21(35-11-7-10-33-4)12-17(19)23(31-15)29-14-16-8-6-9-18(22(16)26)25(27,28)24(2,3)32/h6,8-9,12-13,32H,7,10-11,14H2,1-5H3,(H,29,30,31). The minimum Gasteiger partial charge on any atom is -0.493 e. The number of hydrogen-bond acceptors (Lipinski definition) is 7. The number of nitrogens with one attached hydrogen (secondary N) is 1. The summed E-state index contributed by atoms with van der Waals surface area (Å²) < 4.78 is 60.6. The highest BCUT2D eigenvalue weighted by molar-refractivity contribution is 5.91. The van der Waals surface area contributed by atoms with Gasteiger partial charge in [0.25, 0.3) is 0 Å². The summed E-state index contributed by atoms with van der Waals surface area (Å²) >= 11 is 0. The molecule has 2 aromatic carbocycles. The van der Waals surface area contributed by atoms with Crippen molar-refractivity contribution in [2.24, 2.45) is 0 Å². The number of fused-ring (bicyclic) bond motifs is 1. The summed E-state index contributed by atoms with van der Waals surface area (Å²) in [7, 11) is 3.13. The molecular weight excluding hydrogens is 463 g/mol. The van der Waals surface area contributed by atoms with Crippen molar-refractivity contribution >= 4 is 16.7 Å². The summed E-state index contributed by atoms with van der Waals surface area (Å²) in [6, 6.07) is 7.13. The number of nitrogens with zero attached hydrogens (tertiary/aromatic N) is 2. The van der Waals surface area contributed by atoms with Gasteiger partial charge in [0.05, 0.1) is 24.8 Å². The molecule has 1 aromatic heterocycles. The van der Waals surface area contributed by atoms with Crippen molar-refractivity contribution in [3.63, 3.8) is 0 Å². The van der Waals surface area contributed by atoms with Crippen molar-refractivity contribution in [2.75, 3.05) is 32.8 Å². The average Bonchev–Trinajstić information content (AvgIpc) is 2.79. The van der Waals surface area contributed by atoms with E-state index in [1.165, 1.54) is 19.2 Å². The van der Waals surface area contributed by atoms with Gasteiger partial charge < -0.3 is 24.6 Å². The molecule has 0 aliphatic rings. The molecule has 0 fully saturated rings. The quantitative estimate of drug-likeness (QED) is 0.365. The topological polar surface area (TPSA) is 85.7 Å². The molecule has 35 heavy (non-hydrogen) atoms. The number of methoxy groups -OCH3 is 2. The van der Waals surface area contributed by atoms with Crippen LogP contribution in [0.15, 0.2) is 30.3 Å². The maximum absolute atomic E-state index is 15.0. The van der Waals surface area contributed by atoms with Crippen molar-refractivity contribution < 1.29 is 32.5 Å². The van der Waals surface area contributed by atoms with Crippen LogP contribution in [0.1, 0.15) is 37.2 Å². The number of aliphatic hydroxyl groups is 1. The van der Waals surface area contributed by atoms with Gasteiger partial charge in [-0.15, -0.1) is 0 Å². The first-order chi connectivity index (χ1) is 16.5. The van der Waals surface area contributed by atoms with E-state index in [0.717, 1.165) is 19.9 Å². The number of benzene rings is 2. The molecule has 0 aliphatic heterocycles. The summed E-state index contributed by atoms with van der Waals surface area (Å²) in [6.45, 7) is 4.41. The lowest BCUT2D eigenvalue weighted by molar-refractivity contribution is -0.170. The summed E-state index contributed by atoms with van der Waals surface area (Å²) in [5.41, 5.74) is -2.73. The zero-order valence-electron chi connectivity index (χ0n) is 20.4. The minimum absolute atomic E-state index is 0.000362. The van der Waals surface area contributed by atoms with Gasteiger partial charge in [-0.05, 0) is 32.9 Å². The Labute approximate surface area is 202 Å². The Bertz CT molecular complexity index is 1180. The number of anilines is 1. The lowest BCUT2D eigenvalue weighted by Gasteiger charge is -2.30. The van der Waals surface area contributed by atoms with E-state index in [4.69, 9.17) is 14.2 Å². The fourth-order valence-corrected chi connectivity index (χ4v) is 3.51. The van der Waals surface area contributed by atoms with Gasteiger partial charge in [0.15, 0.2) is 11.5 Å². The molecule has 7 nitrogen and oxygen atoms in total. The summed E-state index contributed by atoms with van der Waals surface area (Å²) in [5.74, 6) is -3.06. The van der Waals surface area contributed by atoms with Crippen LogP contribution in [0.25, 0.3) is 10.9 Å². The van der Waals surface area contributed by atoms with Gasteiger partial charge in [0.1, 0.15) is 23.1 Å². The average molecular weight is 494 g/mol. The SMILES string of the molecule is COCCCOc1cc2c(NCc3cccc(C(F)(F)C(C)(C)O)c3F)nc(C)nc2cc1OC. The Morgan fingerprint density at radius 1 is 1.06 bits per heavy atom. The number of ether oxygens (including phenoxy) is 3. The number of alkyl halides is 2. The van der Waals surface area contributed by atoms with E-state index in [1.54, 1.807) is 26.2 Å². The molecule has 0 spiro atoms. The van der Waals surface area contributed by atoms with E-state index in [9.17, 15) is 13.9 Å². The van der Waals surface area contributed by atoms with E-state index in [2.05, 4.69) is 15.3 Å². The van der Waals surface area contributed by atoms with Crippen molar-refractivity contribution in [3.05, 3.63) is 53.1 Å². The summed E-state index contributed by atoms with van der Waals surface area (Å²) in [4.78, 5) is 8.85. The normalized spacial score (nSPS) is 12.1. The molecule has 0 radical (unpaired) electrons. The molecule has 1 heterocycles. The van der Waals surface area contributed by atoms with Gasteiger partial charge in [-0.1, -0.05) is 12.1 Å². The molecule has 190 valence electrons. The van der Waals surface area contributed by atoms with Gasteiger partial charge in [0, 0.05) is 43.7 Å². The highest BCUT2D eigenvalue weighted by Gasteiger charge is 2.48. The van der Waals surface area contributed by atoms with Gasteiger partial charge in [-0.3, -0.25) is 0 Å². The van der Waals surface area contributed by atoms with Crippen molar-refractivity contribution in [3.8, 4) is 11.5 Å². The third-order valence-electron chi connectivity index (χ3n) is 5.47. The molecule has 0 bridgehead atoms. The Balaban J connectivity index is 1.94. The summed E-state index contributed by atoms with van der Waals surface area (Å²) in [5, 5.41) is 13.5. The number of aromatic nitrogens is 2. The Hall–Kier alpha value is -3.11. The maximum Gasteiger partial charge on any atom is 0.303 e. The van der Waals surface area contributed by atoms with Crippen LogP contribution in [0.4, 0.5) is 19.0 Å². The number of hydrogen-bond donors (Lipinski definition) is 2. The molecule has 3 aromatic rings. The van der Waals surface area contributed by atoms with Crippen LogP contribution < -0.4 is 14.8 Å². The Morgan fingerprint density at radius 2 is 1.80 bits per heavy atom. The molecule has 0 amide bonds. The van der Waals surface area contributed by atoms with Gasteiger partial charge >= 0.3 is 5.92 Å². The molecule has 0 aliphatic carbocycles. The Kier molecular flexibility index (Phi) is 8.07. The van der Waals surface area contributed by atoms with Crippen molar-refractivity contribution in [1.29, 1.82) is 0 Å². The summed E-state index contributed by atoms with van der Waals surface area (Å²) in [6.07, 6.45) is 0.679. The fraction of sp³-hybridized carbons (Fsp3) is 0.440. The van der Waals surface area contributed by atoms with Crippen molar-refractivity contribution in [1.82, 2.24) is 9.97 Å². The van der Waals surface area contributed by atoms with Crippen LogP contribution >= 0.6 is 0 Å². The van der Waals surface area contributed by atoms with Crippen LogP contribution in [-0.2, 0) is 17.2 Å². The molecular formula is C25H30F3N3O4. The molecule has 3 rings (SSSR count). The van der Waals surface area contributed by atoms with E-state index >= 15 is 4.39 Å². The molecule has 0 atom stereocenters. The third kappa shape index (κ3) is 5.76. The molecule has 2 N–H and O–H groups in total. The lowest BCUT2D eigenvalue weighted by Crippen LogP contribution is -2.41. The second-order valence-corrected chi connectivity index (χ2v) is 8.60. The highest BCUT2D eigenvalue weighted by Crippen LogP contribution is 2.40.